The SMILES string of the molecule is CC(C)CNC(=O)C(C)n1c(N)nc2cccc(Cl)c21. The molecule has 0 aliphatic carbocycles. The number of halogens is 1. The van der Waals surface area contributed by atoms with E-state index in [4.69, 9.17) is 17.3 Å². The number of anilines is 1. The fourth-order valence-corrected chi connectivity index (χ4v) is 2.35. The third-order valence-electron chi connectivity index (χ3n) is 3.14. The van der Waals surface area contributed by atoms with Crippen molar-refractivity contribution in [1.29, 1.82) is 0 Å². The lowest BCUT2D eigenvalue weighted by atomic mass is 10.2. The highest BCUT2D eigenvalue weighted by Gasteiger charge is 2.21. The van der Waals surface area contributed by atoms with Crippen molar-refractivity contribution in [3.63, 3.8) is 0 Å². The van der Waals surface area contributed by atoms with Gasteiger partial charge < -0.3 is 11.1 Å². The van der Waals surface area contributed by atoms with Gasteiger partial charge in [0.25, 0.3) is 0 Å². The number of amides is 1. The van der Waals surface area contributed by atoms with Crippen LogP contribution < -0.4 is 11.1 Å². The second-order valence-corrected chi connectivity index (χ2v) is 5.67. The van der Waals surface area contributed by atoms with Crippen molar-refractivity contribution >= 4 is 34.5 Å². The van der Waals surface area contributed by atoms with Crippen LogP contribution in [0.5, 0.6) is 0 Å². The third kappa shape index (κ3) is 2.72. The highest BCUT2D eigenvalue weighted by Crippen LogP contribution is 2.28. The van der Waals surface area contributed by atoms with Gasteiger partial charge in [-0.25, -0.2) is 4.98 Å². The number of hydrogen-bond donors (Lipinski definition) is 2. The lowest BCUT2D eigenvalue weighted by Gasteiger charge is -2.17. The molecule has 2 aromatic rings. The van der Waals surface area contributed by atoms with E-state index in [1.54, 1.807) is 17.6 Å². The molecule has 5 nitrogen and oxygen atoms in total. The van der Waals surface area contributed by atoms with Gasteiger partial charge in [0, 0.05) is 6.54 Å². The quantitative estimate of drug-likeness (QED) is 0.910. The molecule has 3 N–H and O–H groups in total. The van der Waals surface area contributed by atoms with Crippen molar-refractivity contribution < 1.29 is 4.79 Å². The summed E-state index contributed by atoms with van der Waals surface area (Å²) in [6, 6.07) is 4.94. The molecule has 1 heterocycles. The maximum Gasteiger partial charge on any atom is 0.242 e. The van der Waals surface area contributed by atoms with Gasteiger partial charge in [-0.05, 0) is 25.0 Å². The second kappa shape index (κ2) is 5.71. The van der Waals surface area contributed by atoms with Crippen LogP contribution in [0.2, 0.25) is 5.02 Å². The van der Waals surface area contributed by atoms with E-state index >= 15 is 0 Å². The van der Waals surface area contributed by atoms with E-state index in [2.05, 4.69) is 10.3 Å². The Kier molecular flexibility index (Phi) is 4.18. The maximum atomic E-state index is 12.2. The lowest BCUT2D eigenvalue weighted by Crippen LogP contribution is -2.33. The molecule has 0 spiro atoms. The van der Waals surface area contributed by atoms with Crippen molar-refractivity contribution in [2.45, 2.75) is 26.8 Å². The molecule has 0 saturated heterocycles. The molecule has 6 heteroatoms. The van der Waals surface area contributed by atoms with E-state index in [0.29, 0.717) is 34.5 Å². The van der Waals surface area contributed by atoms with Gasteiger partial charge in [-0.1, -0.05) is 31.5 Å². The Balaban J connectivity index is 2.37. The van der Waals surface area contributed by atoms with Crippen LogP contribution in [0.15, 0.2) is 18.2 Å². The van der Waals surface area contributed by atoms with E-state index in [1.165, 1.54) is 0 Å². The Morgan fingerprint density at radius 1 is 1.45 bits per heavy atom. The normalized spacial score (nSPS) is 12.8. The number of carbonyl (C=O) groups excluding carboxylic acids is 1. The molecule has 1 aromatic heterocycles. The number of nitrogens with zero attached hydrogens (tertiary/aromatic N) is 2. The molecule has 0 bridgehead atoms. The minimum Gasteiger partial charge on any atom is -0.369 e. The minimum atomic E-state index is -0.460. The highest BCUT2D eigenvalue weighted by atomic mass is 35.5. The molecular formula is C14H19ClN4O. The Bertz CT molecular complexity index is 635. The van der Waals surface area contributed by atoms with Gasteiger partial charge in [-0.15, -0.1) is 0 Å². The van der Waals surface area contributed by atoms with Gasteiger partial charge in [0.2, 0.25) is 11.9 Å². The molecule has 1 amide bonds. The molecule has 1 atom stereocenters. The zero-order valence-corrected chi connectivity index (χ0v) is 12.6. The van der Waals surface area contributed by atoms with Crippen LogP contribution >= 0.6 is 11.6 Å². The molecule has 0 aliphatic rings. The number of carbonyl (C=O) groups is 1. The number of imidazole rings is 1. The Morgan fingerprint density at radius 2 is 2.15 bits per heavy atom. The number of nitrogens with two attached hydrogens (primary N) is 1. The number of aromatic nitrogens is 2. The Morgan fingerprint density at radius 3 is 2.80 bits per heavy atom. The largest absolute Gasteiger partial charge is 0.369 e. The summed E-state index contributed by atoms with van der Waals surface area (Å²) in [5.74, 6) is 0.594. The van der Waals surface area contributed by atoms with Crippen LogP contribution in [-0.2, 0) is 4.79 Å². The Labute approximate surface area is 123 Å². The van der Waals surface area contributed by atoms with E-state index in [-0.39, 0.29) is 5.91 Å². The molecule has 0 fully saturated rings. The van der Waals surface area contributed by atoms with E-state index < -0.39 is 6.04 Å². The average Bonchev–Trinajstić information content (AvgIpc) is 2.72. The summed E-state index contributed by atoms with van der Waals surface area (Å²) in [6.07, 6.45) is 0. The summed E-state index contributed by atoms with van der Waals surface area (Å²) in [4.78, 5) is 16.4. The van der Waals surface area contributed by atoms with E-state index in [9.17, 15) is 4.79 Å². The summed E-state index contributed by atoms with van der Waals surface area (Å²) >= 11 is 6.20. The van der Waals surface area contributed by atoms with Crippen LogP contribution in [0.3, 0.4) is 0 Å². The summed E-state index contributed by atoms with van der Waals surface area (Å²) < 4.78 is 1.67. The van der Waals surface area contributed by atoms with Crippen LogP contribution in [-0.4, -0.2) is 22.0 Å². The predicted octanol–water partition coefficient (Wildman–Crippen LogP) is 2.61. The first kappa shape index (κ1) is 14.7. The summed E-state index contributed by atoms with van der Waals surface area (Å²) in [6.45, 7) is 6.51. The third-order valence-corrected chi connectivity index (χ3v) is 3.44. The topological polar surface area (TPSA) is 72.9 Å². The van der Waals surface area contributed by atoms with Gasteiger partial charge in [-0.2, -0.15) is 0 Å². The zero-order valence-electron chi connectivity index (χ0n) is 11.9. The zero-order chi connectivity index (χ0) is 14.9. The maximum absolute atomic E-state index is 12.2. The molecule has 108 valence electrons. The first-order valence-corrected chi connectivity index (χ1v) is 6.99. The van der Waals surface area contributed by atoms with Gasteiger partial charge in [0.05, 0.1) is 16.1 Å². The Hall–Kier alpha value is -1.75. The molecular weight excluding hydrogens is 276 g/mol. The van der Waals surface area contributed by atoms with Crippen LogP contribution in [0, 0.1) is 5.92 Å². The minimum absolute atomic E-state index is 0.0929. The number of hydrogen-bond acceptors (Lipinski definition) is 3. The molecule has 0 saturated carbocycles. The second-order valence-electron chi connectivity index (χ2n) is 5.26. The predicted molar refractivity (Wildman–Crippen MR) is 81.7 cm³/mol. The first-order chi connectivity index (χ1) is 9.41. The summed E-state index contributed by atoms with van der Waals surface area (Å²) in [5, 5.41) is 3.43. The summed E-state index contributed by atoms with van der Waals surface area (Å²) in [7, 11) is 0. The smallest absolute Gasteiger partial charge is 0.242 e. The van der Waals surface area contributed by atoms with Crippen molar-refractivity contribution in [3.05, 3.63) is 23.2 Å². The molecule has 0 radical (unpaired) electrons. The number of para-hydroxylation sites is 1. The van der Waals surface area contributed by atoms with Crippen molar-refractivity contribution in [2.75, 3.05) is 12.3 Å². The van der Waals surface area contributed by atoms with Gasteiger partial charge >= 0.3 is 0 Å². The van der Waals surface area contributed by atoms with Gasteiger partial charge in [0.1, 0.15) is 6.04 Å². The van der Waals surface area contributed by atoms with E-state index in [0.717, 1.165) is 0 Å². The number of rotatable bonds is 4. The fourth-order valence-electron chi connectivity index (χ4n) is 2.09. The summed E-state index contributed by atoms with van der Waals surface area (Å²) in [5.41, 5.74) is 7.32. The molecule has 2 rings (SSSR count). The molecule has 1 unspecified atom stereocenters. The first-order valence-electron chi connectivity index (χ1n) is 6.61. The van der Waals surface area contributed by atoms with Crippen LogP contribution in [0.1, 0.15) is 26.8 Å². The monoisotopic (exact) mass is 294 g/mol. The molecule has 20 heavy (non-hydrogen) atoms. The standard InChI is InChI=1S/C14H19ClN4O/c1-8(2)7-17-13(20)9(3)19-12-10(15)5-4-6-11(12)18-14(19)16/h4-6,8-9H,7H2,1-3H3,(H2,16,18)(H,17,20). The van der Waals surface area contributed by atoms with Crippen molar-refractivity contribution in [1.82, 2.24) is 14.9 Å². The van der Waals surface area contributed by atoms with Gasteiger partial charge in [-0.3, -0.25) is 9.36 Å². The average molecular weight is 295 g/mol. The number of nitrogen functional groups attached to an aromatic ring is 1. The number of benzene rings is 1. The molecule has 1 aromatic carbocycles. The number of fused-ring (bicyclic) bond motifs is 1. The fraction of sp³-hybridized carbons (Fsp3) is 0.429. The highest BCUT2D eigenvalue weighted by molar-refractivity contribution is 6.35. The van der Waals surface area contributed by atoms with Crippen LogP contribution in [0.25, 0.3) is 11.0 Å². The van der Waals surface area contributed by atoms with Crippen LogP contribution in [0.4, 0.5) is 5.95 Å². The van der Waals surface area contributed by atoms with Crippen molar-refractivity contribution in [3.8, 4) is 0 Å². The van der Waals surface area contributed by atoms with Gasteiger partial charge in [0.15, 0.2) is 0 Å². The lowest BCUT2D eigenvalue weighted by molar-refractivity contribution is -0.123. The number of nitrogens with one attached hydrogen (secondary N) is 1. The van der Waals surface area contributed by atoms with E-state index in [1.807, 2.05) is 26.0 Å². The van der Waals surface area contributed by atoms with Crippen molar-refractivity contribution in [2.24, 2.45) is 5.92 Å². The molecule has 0 aliphatic heterocycles.